The van der Waals surface area contributed by atoms with Gasteiger partial charge >= 0.3 is 0 Å². The van der Waals surface area contributed by atoms with E-state index in [1.165, 1.54) is 19.1 Å². The van der Waals surface area contributed by atoms with Crippen LogP contribution in [-0.2, 0) is 14.8 Å². The Hall–Kier alpha value is -3.65. The van der Waals surface area contributed by atoms with E-state index in [2.05, 4.69) is 15.4 Å². The van der Waals surface area contributed by atoms with Crippen molar-refractivity contribution in [3.8, 4) is 0 Å². The molecule has 0 fully saturated rings. The van der Waals surface area contributed by atoms with Crippen LogP contribution in [0.25, 0.3) is 0 Å². The Labute approximate surface area is 187 Å². The van der Waals surface area contributed by atoms with E-state index in [1.54, 1.807) is 43.3 Å². The number of carbonyl (C=O) groups excluding carboxylic acids is 2. The lowest BCUT2D eigenvalue weighted by Gasteiger charge is -2.13. The van der Waals surface area contributed by atoms with Crippen molar-refractivity contribution in [1.82, 2.24) is 0 Å². The molecule has 0 aliphatic heterocycles. The molecule has 3 aromatic carbocycles. The fourth-order valence-electron chi connectivity index (χ4n) is 3.12. The smallest absolute Gasteiger partial charge is 0.261 e. The van der Waals surface area contributed by atoms with E-state index in [0.717, 1.165) is 11.1 Å². The van der Waals surface area contributed by atoms with Crippen LogP contribution in [0.4, 0.5) is 17.1 Å². The molecule has 3 N–H and O–H groups in total. The molecule has 0 atom stereocenters. The summed E-state index contributed by atoms with van der Waals surface area (Å²) in [6.07, 6.45) is 0. The van der Waals surface area contributed by atoms with Crippen LogP contribution in [0.1, 0.15) is 34.0 Å². The van der Waals surface area contributed by atoms with Crippen LogP contribution in [0.5, 0.6) is 0 Å². The van der Waals surface area contributed by atoms with E-state index in [1.807, 2.05) is 26.0 Å². The van der Waals surface area contributed by atoms with Gasteiger partial charge in [-0.25, -0.2) is 8.42 Å². The number of hydrogen-bond acceptors (Lipinski definition) is 4. The van der Waals surface area contributed by atoms with E-state index in [4.69, 9.17) is 0 Å². The van der Waals surface area contributed by atoms with Crippen LogP contribution in [0.3, 0.4) is 0 Å². The van der Waals surface area contributed by atoms with E-state index in [-0.39, 0.29) is 16.4 Å². The molecule has 2 amide bonds. The number of aryl methyl sites for hydroxylation is 3. The molecular weight excluding hydrogens is 426 g/mol. The molecule has 0 spiro atoms. The quantitative estimate of drug-likeness (QED) is 0.508. The number of rotatable bonds is 6. The first-order valence-electron chi connectivity index (χ1n) is 9.95. The van der Waals surface area contributed by atoms with E-state index in [0.29, 0.717) is 22.6 Å². The van der Waals surface area contributed by atoms with Crippen LogP contribution in [-0.4, -0.2) is 20.2 Å². The van der Waals surface area contributed by atoms with Gasteiger partial charge in [0.15, 0.2) is 0 Å². The lowest BCUT2D eigenvalue weighted by atomic mass is 10.1. The number of nitrogens with one attached hydrogen (secondary N) is 3. The van der Waals surface area contributed by atoms with Gasteiger partial charge in [-0.05, 0) is 74.4 Å². The number of anilines is 3. The van der Waals surface area contributed by atoms with Crippen LogP contribution in [0, 0.1) is 20.8 Å². The lowest BCUT2D eigenvalue weighted by Crippen LogP contribution is -2.17. The normalized spacial score (nSPS) is 11.0. The number of carbonyl (C=O) groups is 2. The van der Waals surface area contributed by atoms with Gasteiger partial charge < -0.3 is 10.6 Å². The number of sulfonamides is 1. The van der Waals surface area contributed by atoms with Crippen molar-refractivity contribution in [3.63, 3.8) is 0 Å². The zero-order valence-electron chi connectivity index (χ0n) is 18.3. The molecule has 0 bridgehead atoms. The maximum absolute atomic E-state index is 12.9. The third-order valence-electron chi connectivity index (χ3n) is 4.86. The maximum Gasteiger partial charge on any atom is 0.261 e. The molecule has 0 aliphatic rings. The summed E-state index contributed by atoms with van der Waals surface area (Å²) in [5.74, 6) is -0.612. The third-order valence-corrected chi connectivity index (χ3v) is 6.24. The van der Waals surface area contributed by atoms with Gasteiger partial charge in [-0.15, -0.1) is 0 Å². The molecule has 0 saturated heterocycles. The predicted octanol–water partition coefficient (Wildman–Crippen LogP) is 4.62. The molecule has 0 aromatic heterocycles. The van der Waals surface area contributed by atoms with Crippen LogP contribution in [0.15, 0.2) is 65.6 Å². The second kappa shape index (κ2) is 9.23. The van der Waals surface area contributed by atoms with Gasteiger partial charge in [0.05, 0.1) is 4.90 Å². The predicted molar refractivity (Wildman–Crippen MR) is 127 cm³/mol. The largest absolute Gasteiger partial charge is 0.326 e. The fourth-order valence-corrected chi connectivity index (χ4v) is 4.20. The molecule has 7 nitrogen and oxygen atoms in total. The summed E-state index contributed by atoms with van der Waals surface area (Å²) in [5.41, 5.74) is 4.32. The zero-order valence-corrected chi connectivity index (χ0v) is 19.1. The zero-order chi connectivity index (χ0) is 23.5. The maximum atomic E-state index is 12.9. The Morgan fingerprint density at radius 2 is 1.41 bits per heavy atom. The van der Waals surface area contributed by atoms with E-state index < -0.39 is 15.9 Å². The van der Waals surface area contributed by atoms with Crippen molar-refractivity contribution in [2.24, 2.45) is 0 Å². The van der Waals surface area contributed by atoms with Gasteiger partial charge in [0.25, 0.3) is 15.9 Å². The van der Waals surface area contributed by atoms with E-state index >= 15 is 0 Å². The summed E-state index contributed by atoms with van der Waals surface area (Å²) in [6.45, 7) is 6.89. The second-order valence-corrected chi connectivity index (χ2v) is 9.30. The molecule has 3 rings (SSSR count). The first kappa shape index (κ1) is 23.0. The minimum absolute atomic E-state index is 0.00832. The Kier molecular flexibility index (Phi) is 6.64. The third kappa shape index (κ3) is 5.53. The number of amides is 2. The van der Waals surface area contributed by atoms with Crippen LogP contribution in [0.2, 0.25) is 0 Å². The highest BCUT2D eigenvalue weighted by Gasteiger charge is 2.19. The minimum Gasteiger partial charge on any atom is -0.326 e. The van der Waals surface area contributed by atoms with Crippen LogP contribution >= 0.6 is 0 Å². The van der Waals surface area contributed by atoms with Gasteiger partial charge in [-0.3, -0.25) is 14.3 Å². The molecule has 0 heterocycles. The van der Waals surface area contributed by atoms with Crippen molar-refractivity contribution in [1.29, 1.82) is 0 Å². The fraction of sp³-hybridized carbons (Fsp3) is 0.167. The van der Waals surface area contributed by atoms with Gasteiger partial charge in [0, 0.05) is 29.5 Å². The first-order valence-corrected chi connectivity index (χ1v) is 11.4. The van der Waals surface area contributed by atoms with Gasteiger partial charge in [0.1, 0.15) is 0 Å². The highest BCUT2D eigenvalue weighted by atomic mass is 32.2. The standard InChI is InChI=1S/C24H25N3O4S/c1-15-5-8-19(9-6-15)27-32(30,31)21-11-7-16(2)22(14-21)24(29)26-20-10-12-23(17(3)13-20)25-18(4)28/h5-14,27H,1-4H3,(H,25,28)(H,26,29). The van der Waals surface area contributed by atoms with E-state index in [9.17, 15) is 18.0 Å². The molecule has 0 saturated carbocycles. The van der Waals surface area contributed by atoms with Gasteiger partial charge in [-0.1, -0.05) is 23.8 Å². The monoisotopic (exact) mass is 451 g/mol. The lowest BCUT2D eigenvalue weighted by molar-refractivity contribution is -0.114. The van der Waals surface area contributed by atoms with Crippen molar-refractivity contribution < 1.29 is 18.0 Å². The molecule has 8 heteroatoms. The molecule has 166 valence electrons. The minimum atomic E-state index is -3.87. The van der Waals surface area contributed by atoms with Crippen molar-refractivity contribution >= 4 is 38.9 Å². The summed E-state index contributed by atoms with van der Waals surface area (Å²) in [6, 6.07) is 16.5. The molecule has 0 aliphatic carbocycles. The van der Waals surface area contributed by atoms with Crippen molar-refractivity contribution in [2.75, 3.05) is 15.4 Å². The molecule has 32 heavy (non-hydrogen) atoms. The van der Waals surface area contributed by atoms with Gasteiger partial charge in [-0.2, -0.15) is 0 Å². The molecule has 3 aromatic rings. The molecule has 0 unspecified atom stereocenters. The number of hydrogen-bond donors (Lipinski definition) is 3. The number of benzene rings is 3. The Morgan fingerprint density at radius 3 is 2.03 bits per heavy atom. The Bertz CT molecular complexity index is 1280. The second-order valence-electron chi connectivity index (χ2n) is 7.61. The average molecular weight is 452 g/mol. The summed E-state index contributed by atoms with van der Waals surface area (Å²) in [7, 11) is -3.87. The summed E-state index contributed by atoms with van der Waals surface area (Å²) < 4.78 is 28.2. The first-order chi connectivity index (χ1) is 15.0. The SMILES string of the molecule is CC(=O)Nc1ccc(NC(=O)c2cc(S(=O)(=O)Nc3ccc(C)cc3)ccc2C)cc1C. The highest BCUT2D eigenvalue weighted by Crippen LogP contribution is 2.23. The summed E-state index contributed by atoms with van der Waals surface area (Å²) >= 11 is 0. The molecular formula is C24H25N3O4S. The summed E-state index contributed by atoms with van der Waals surface area (Å²) in [4.78, 5) is 24.1. The van der Waals surface area contributed by atoms with Gasteiger partial charge in [0.2, 0.25) is 5.91 Å². The highest BCUT2D eigenvalue weighted by molar-refractivity contribution is 7.92. The average Bonchev–Trinajstić information content (AvgIpc) is 2.71. The summed E-state index contributed by atoms with van der Waals surface area (Å²) in [5, 5.41) is 5.50. The van der Waals surface area contributed by atoms with Crippen molar-refractivity contribution in [3.05, 3.63) is 82.9 Å². The Morgan fingerprint density at radius 1 is 0.750 bits per heavy atom. The molecule has 0 radical (unpaired) electrons. The van der Waals surface area contributed by atoms with Crippen LogP contribution < -0.4 is 15.4 Å². The topological polar surface area (TPSA) is 104 Å². The Balaban J connectivity index is 1.83. The van der Waals surface area contributed by atoms with Crippen molar-refractivity contribution in [2.45, 2.75) is 32.6 Å².